The van der Waals surface area contributed by atoms with Gasteiger partial charge in [0.2, 0.25) is 5.78 Å². The van der Waals surface area contributed by atoms with E-state index in [4.69, 9.17) is 9.47 Å². The van der Waals surface area contributed by atoms with Gasteiger partial charge >= 0.3 is 0 Å². The number of nitrogens with zero attached hydrogens (tertiary/aromatic N) is 3. The Hall–Kier alpha value is -3.59. The SMILES string of the molecule is COc1cccc([C@H]2C(C(=O)c3cccs3)=C(O)C(=O)N2CCCn2ccnc2)c1OC. The third kappa shape index (κ3) is 3.87. The maximum Gasteiger partial charge on any atom is 0.290 e. The van der Waals surface area contributed by atoms with Gasteiger partial charge in [-0.05, 0) is 23.9 Å². The van der Waals surface area contributed by atoms with Crippen molar-refractivity contribution in [1.29, 1.82) is 0 Å². The zero-order valence-electron chi connectivity index (χ0n) is 17.7. The number of aliphatic hydroxyl groups excluding tert-OH is 1. The third-order valence-corrected chi connectivity index (χ3v) is 6.26. The molecule has 3 heterocycles. The summed E-state index contributed by atoms with van der Waals surface area (Å²) in [5, 5.41) is 12.6. The first-order chi connectivity index (χ1) is 15.6. The van der Waals surface area contributed by atoms with E-state index in [0.717, 1.165) is 0 Å². The van der Waals surface area contributed by atoms with Crippen LogP contribution < -0.4 is 9.47 Å². The Labute approximate surface area is 189 Å². The van der Waals surface area contributed by atoms with Crippen LogP contribution in [0.4, 0.5) is 0 Å². The van der Waals surface area contributed by atoms with Gasteiger partial charge in [-0.25, -0.2) is 4.98 Å². The molecule has 0 unspecified atom stereocenters. The lowest BCUT2D eigenvalue weighted by Crippen LogP contribution is -2.32. The Morgan fingerprint density at radius 1 is 1.19 bits per heavy atom. The predicted octanol–water partition coefficient (Wildman–Crippen LogP) is 3.63. The van der Waals surface area contributed by atoms with Gasteiger partial charge in [0.15, 0.2) is 17.3 Å². The van der Waals surface area contributed by atoms with Crippen LogP contribution >= 0.6 is 11.3 Å². The molecule has 4 rings (SSSR count). The molecule has 0 fully saturated rings. The molecule has 8 nitrogen and oxygen atoms in total. The average Bonchev–Trinajstić information content (AvgIpc) is 3.57. The molecule has 0 bridgehead atoms. The lowest BCUT2D eigenvalue weighted by atomic mass is 9.94. The number of ether oxygens (including phenoxy) is 2. The van der Waals surface area contributed by atoms with Crippen molar-refractivity contribution in [1.82, 2.24) is 14.5 Å². The minimum atomic E-state index is -0.801. The van der Waals surface area contributed by atoms with Gasteiger partial charge in [-0.2, -0.15) is 0 Å². The topological polar surface area (TPSA) is 93.9 Å². The molecule has 0 aliphatic carbocycles. The fourth-order valence-corrected chi connectivity index (χ4v) is 4.63. The van der Waals surface area contributed by atoms with Gasteiger partial charge < -0.3 is 24.0 Å². The highest BCUT2D eigenvalue weighted by molar-refractivity contribution is 7.12. The Bertz CT molecular complexity index is 1140. The van der Waals surface area contributed by atoms with E-state index in [9.17, 15) is 14.7 Å². The monoisotopic (exact) mass is 453 g/mol. The van der Waals surface area contributed by atoms with Gasteiger partial charge in [0.25, 0.3) is 5.91 Å². The van der Waals surface area contributed by atoms with Crippen LogP contribution in [0.2, 0.25) is 0 Å². The summed E-state index contributed by atoms with van der Waals surface area (Å²) < 4.78 is 12.9. The predicted molar refractivity (Wildman–Crippen MR) is 119 cm³/mol. The number of amides is 1. The van der Waals surface area contributed by atoms with Crippen molar-refractivity contribution in [2.45, 2.75) is 19.0 Å². The van der Waals surface area contributed by atoms with Gasteiger partial charge in [0, 0.05) is 31.0 Å². The van der Waals surface area contributed by atoms with Crippen molar-refractivity contribution in [3.05, 3.63) is 76.2 Å². The van der Waals surface area contributed by atoms with E-state index in [1.165, 1.54) is 30.5 Å². The molecule has 1 N–H and O–H groups in total. The number of methoxy groups -OCH3 is 2. The molecule has 1 amide bonds. The normalized spacial score (nSPS) is 16.0. The molecule has 32 heavy (non-hydrogen) atoms. The third-order valence-electron chi connectivity index (χ3n) is 5.40. The van der Waals surface area contributed by atoms with Gasteiger partial charge in [-0.3, -0.25) is 9.59 Å². The highest BCUT2D eigenvalue weighted by Gasteiger charge is 2.45. The van der Waals surface area contributed by atoms with E-state index >= 15 is 0 Å². The Kier molecular flexibility index (Phi) is 6.27. The largest absolute Gasteiger partial charge is 0.503 e. The van der Waals surface area contributed by atoms with Gasteiger partial charge in [0.05, 0.1) is 37.0 Å². The smallest absolute Gasteiger partial charge is 0.290 e. The van der Waals surface area contributed by atoms with Crippen LogP contribution in [0.5, 0.6) is 11.5 Å². The number of carbonyl (C=O) groups excluding carboxylic acids is 2. The van der Waals surface area contributed by atoms with E-state index < -0.39 is 17.7 Å². The summed E-state index contributed by atoms with van der Waals surface area (Å²) in [7, 11) is 3.03. The number of aromatic nitrogens is 2. The Balaban J connectivity index is 1.75. The molecule has 1 aromatic carbocycles. The number of carbonyl (C=O) groups is 2. The number of ketones is 1. The standard InChI is InChI=1S/C23H23N3O5S/c1-30-16-7-3-6-15(22(16)31-2)19-18(20(27)17-8-4-13-32-17)21(28)23(29)26(19)11-5-10-25-12-9-24-14-25/h3-4,6-9,12-14,19,28H,5,10-11H2,1-2H3/t19-/m0/s1. The first kappa shape index (κ1) is 21.6. The van der Waals surface area contributed by atoms with Crippen molar-refractivity contribution in [2.24, 2.45) is 0 Å². The number of imidazole rings is 1. The van der Waals surface area contributed by atoms with Crippen molar-refractivity contribution < 1.29 is 24.2 Å². The highest BCUT2D eigenvalue weighted by atomic mass is 32.1. The summed E-state index contributed by atoms with van der Waals surface area (Å²) in [5.41, 5.74) is 0.624. The van der Waals surface area contributed by atoms with Crippen molar-refractivity contribution in [3.8, 4) is 11.5 Å². The summed E-state index contributed by atoms with van der Waals surface area (Å²) in [6.07, 6.45) is 5.85. The number of Topliss-reactive ketones (excluding diaryl/α,β-unsaturated/α-hetero) is 1. The molecule has 3 aromatic rings. The number of aryl methyl sites for hydroxylation is 1. The van der Waals surface area contributed by atoms with E-state index in [0.29, 0.717) is 41.4 Å². The van der Waals surface area contributed by atoms with E-state index in [1.807, 2.05) is 10.8 Å². The first-order valence-electron chi connectivity index (χ1n) is 10.1. The molecule has 0 radical (unpaired) electrons. The molecule has 0 saturated carbocycles. The van der Waals surface area contributed by atoms with Gasteiger partial charge in [-0.1, -0.05) is 18.2 Å². The molecule has 166 valence electrons. The number of hydrogen-bond acceptors (Lipinski definition) is 7. The molecule has 0 saturated heterocycles. The van der Waals surface area contributed by atoms with Crippen LogP contribution in [0.25, 0.3) is 0 Å². The van der Waals surface area contributed by atoms with Crippen LogP contribution in [0.1, 0.15) is 27.7 Å². The minimum Gasteiger partial charge on any atom is -0.503 e. The van der Waals surface area contributed by atoms with Crippen LogP contribution in [0, 0.1) is 0 Å². The fraction of sp³-hybridized carbons (Fsp3) is 0.261. The quantitative estimate of drug-likeness (QED) is 0.497. The number of benzene rings is 1. The van der Waals surface area contributed by atoms with E-state index in [1.54, 1.807) is 48.2 Å². The summed E-state index contributed by atoms with van der Waals surface area (Å²) in [6, 6.07) is 7.93. The maximum atomic E-state index is 13.3. The van der Waals surface area contributed by atoms with Crippen molar-refractivity contribution in [3.63, 3.8) is 0 Å². The molecule has 2 aromatic heterocycles. The number of rotatable bonds is 9. The van der Waals surface area contributed by atoms with Crippen molar-refractivity contribution in [2.75, 3.05) is 20.8 Å². The Morgan fingerprint density at radius 3 is 2.69 bits per heavy atom. The van der Waals surface area contributed by atoms with Gasteiger partial charge in [-0.15, -0.1) is 11.3 Å². The van der Waals surface area contributed by atoms with Gasteiger partial charge in [0.1, 0.15) is 0 Å². The molecule has 1 aliphatic rings. The van der Waals surface area contributed by atoms with E-state index in [-0.39, 0.29) is 11.4 Å². The van der Waals surface area contributed by atoms with Crippen LogP contribution in [-0.2, 0) is 11.3 Å². The second-order valence-corrected chi connectivity index (χ2v) is 8.15. The lowest BCUT2D eigenvalue weighted by Gasteiger charge is -2.28. The number of aliphatic hydroxyl groups is 1. The highest BCUT2D eigenvalue weighted by Crippen LogP contribution is 2.45. The summed E-state index contributed by atoms with van der Waals surface area (Å²) in [6.45, 7) is 0.966. The summed E-state index contributed by atoms with van der Waals surface area (Å²) in [5.74, 6) is -0.590. The molecular weight excluding hydrogens is 430 g/mol. The fourth-order valence-electron chi connectivity index (χ4n) is 3.95. The van der Waals surface area contributed by atoms with Crippen molar-refractivity contribution >= 4 is 23.0 Å². The average molecular weight is 454 g/mol. The molecule has 1 atom stereocenters. The van der Waals surface area contributed by atoms with Crippen LogP contribution in [-0.4, -0.2) is 52.0 Å². The number of para-hydroxylation sites is 1. The van der Waals surface area contributed by atoms with Crippen LogP contribution in [0.15, 0.2) is 65.8 Å². The lowest BCUT2D eigenvalue weighted by molar-refractivity contribution is -0.129. The Morgan fingerprint density at radius 2 is 2.03 bits per heavy atom. The molecule has 1 aliphatic heterocycles. The second kappa shape index (κ2) is 9.27. The molecule has 0 spiro atoms. The minimum absolute atomic E-state index is 0.0478. The second-order valence-electron chi connectivity index (χ2n) is 7.21. The zero-order valence-corrected chi connectivity index (χ0v) is 18.5. The summed E-state index contributed by atoms with van der Waals surface area (Å²) in [4.78, 5) is 32.4. The van der Waals surface area contributed by atoms with E-state index in [2.05, 4.69) is 4.98 Å². The summed E-state index contributed by atoms with van der Waals surface area (Å²) >= 11 is 1.26. The van der Waals surface area contributed by atoms with Crippen LogP contribution in [0.3, 0.4) is 0 Å². The first-order valence-corrected chi connectivity index (χ1v) is 10.9. The zero-order chi connectivity index (χ0) is 22.7. The number of hydrogen-bond donors (Lipinski definition) is 1. The molecule has 9 heteroatoms. The number of thiophene rings is 1. The molecular formula is C23H23N3O5S. The maximum absolute atomic E-state index is 13.3.